The summed E-state index contributed by atoms with van der Waals surface area (Å²) in [5, 5.41) is 4.33. The number of ether oxygens (including phenoxy) is 6. The van der Waals surface area contributed by atoms with Crippen LogP contribution in [0, 0.1) is 48.4 Å². The Morgan fingerprint density at radius 2 is 0.741 bits per heavy atom. The molecule has 8 heteroatoms. The van der Waals surface area contributed by atoms with Gasteiger partial charge in [0.05, 0.1) is 66.1 Å². The monoisotopic (exact) mass is 720 g/mol. The van der Waals surface area contributed by atoms with Gasteiger partial charge in [-0.25, -0.2) is 0 Å². The highest BCUT2D eigenvalue weighted by Gasteiger charge is 2.13. The maximum atomic E-state index is 5.87. The Morgan fingerprint density at radius 1 is 0.426 bits per heavy atom. The molecule has 0 bridgehead atoms. The van der Waals surface area contributed by atoms with E-state index in [4.69, 9.17) is 41.3 Å². The van der Waals surface area contributed by atoms with Gasteiger partial charge in [0.15, 0.2) is 0 Å². The second kappa shape index (κ2) is 19.5. The van der Waals surface area contributed by atoms with Crippen molar-refractivity contribution in [2.45, 2.75) is 13.1 Å². The maximum Gasteiger partial charge on any atom is 0.0701 e. The minimum atomic E-state index is 0.523. The van der Waals surface area contributed by atoms with Gasteiger partial charge < -0.3 is 37.6 Å². The summed E-state index contributed by atoms with van der Waals surface area (Å²) in [6.45, 7) is 6.86. The molecule has 0 aliphatic rings. The van der Waals surface area contributed by atoms with Crippen molar-refractivity contribution in [3.63, 3.8) is 0 Å². The van der Waals surface area contributed by atoms with Crippen LogP contribution in [0.15, 0.2) is 72.8 Å². The van der Waals surface area contributed by atoms with Gasteiger partial charge in [-0.2, -0.15) is 0 Å². The second-order valence-electron chi connectivity index (χ2n) is 12.5. The molecule has 6 rings (SSSR count). The van der Waals surface area contributed by atoms with E-state index in [1.165, 1.54) is 0 Å². The van der Waals surface area contributed by atoms with Crippen LogP contribution in [0.4, 0.5) is 0 Å². The Labute approximate surface area is 317 Å². The molecule has 2 heterocycles. The van der Waals surface area contributed by atoms with Crippen LogP contribution in [0.3, 0.4) is 0 Å². The Bertz CT molecular complexity index is 2260. The molecule has 6 aromatic rings. The van der Waals surface area contributed by atoms with E-state index in [0.717, 1.165) is 65.9 Å². The average Bonchev–Trinajstić information content (AvgIpc) is 3.68. The molecule has 54 heavy (non-hydrogen) atoms. The third-order valence-electron chi connectivity index (χ3n) is 9.07. The largest absolute Gasteiger partial charge is 0.382 e. The smallest absolute Gasteiger partial charge is 0.0701 e. The number of terminal acetylenes is 2. The summed E-state index contributed by atoms with van der Waals surface area (Å²) >= 11 is 0. The predicted octanol–water partition coefficient (Wildman–Crippen LogP) is 6.63. The number of rotatable bonds is 18. The lowest BCUT2D eigenvalue weighted by molar-refractivity contribution is 0.0234. The average molecular weight is 721 g/mol. The van der Waals surface area contributed by atoms with Crippen LogP contribution >= 0.6 is 0 Å². The van der Waals surface area contributed by atoms with Crippen LogP contribution < -0.4 is 0 Å². The number of hydrogen-bond donors (Lipinski definition) is 0. The standard InChI is InChI=1S/C46H44N2O6/c1-5-35-11-15-43-39(31-35)41-33-37(13-17-45(41)47(43)19-21-51-27-29-53-25-23-49-3)9-7-8-10-38-14-18-46-42(34-38)40-32-36(6-2)12-16-44(40)48(46)20-22-52-28-30-54-26-24-50-4/h1-2,11-18,31-34H,19-30H2,3-4H3. The summed E-state index contributed by atoms with van der Waals surface area (Å²) in [7, 11) is 3.32. The number of fused-ring (bicyclic) bond motifs is 6. The van der Waals surface area contributed by atoms with Crippen LogP contribution in [0.25, 0.3) is 43.6 Å². The third-order valence-corrected chi connectivity index (χ3v) is 9.07. The highest BCUT2D eigenvalue weighted by atomic mass is 16.5. The van der Waals surface area contributed by atoms with Crippen LogP contribution in [0.2, 0.25) is 0 Å². The normalized spacial score (nSPS) is 11.0. The molecular weight excluding hydrogens is 677 g/mol. The van der Waals surface area contributed by atoms with E-state index in [9.17, 15) is 0 Å². The summed E-state index contributed by atoms with van der Waals surface area (Å²) in [4.78, 5) is 0. The molecule has 0 fully saturated rings. The maximum absolute atomic E-state index is 5.87. The van der Waals surface area contributed by atoms with Crippen molar-refractivity contribution in [3.8, 4) is 48.4 Å². The molecule has 0 saturated carbocycles. The Hall–Kier alpha value is -5.52. The van der Waals surface area contributed by atoms with E-state index in [1.807, 2.05) is 24.3 Å². The van der Waals surface area contributed by atoms with Gasteiger partial charge in [-0.3, -0.25) is 0 Å². The Kier molecular flexibility index (Phi) is 13.8. The Morgan fingerprint density at radius 3 is 1.09 bits per heavy atom. The molecule has 0 saturated heterocycles. The van der Waals surface area contributed by atoms with E-state index in [0.29, 0.717) is 79.2 Å². The van der Waals surface area contributed by atoms with Gasteiger partial charge in [0.2, 0.25) is 0 Å². The third kappa shape index (κ3) is 9.34. The first-order valence-corrected chi connectivity index (χ1v) is 18.0. The van der Waals surface area contributed by atoms with Gasteiger partial charge in [-0.1, -0.05) is 23.7 Å². The van der Waals surface area contributed by atoms with Gasteiger partial charge in [0.25, 0.3) is 0 Å². The Balaban J connectivity index is 1.19. The molecule has 0 unspecified atom stereocenters. The van der Waals surface area contributed by atoms with Crippen molar-refractivity contribution < 1.29 is 28.4 Å². The molecule has 0 atom stereocenters. The van der Waals surface area contributed by atoms with Crippen molar-refractivity contribution in [1.29, 1.82) is 0 Å². The van der Waals surface area contributed by atoms with Gasteiger partial charge in [-0.15, -0.1) is 12.8 Å². The van der Waals surface area contributed by atoms with Crippen LogP contribution in [-0.4, -0.2) is 89.4 Å². The second-order valence-corrected chi connectivity index (χ2v) is 12.5. The van der Waals surface area contributed by atoms with Gasteiger partial charge in [-0.05, 0) is 84.6 Å². The summed E-state index contributed by atoms with van der Waals surface area (Å²) < 4.78 is 37.3. The highest BCUT2D eigenvalue weighted by Crippen LogP contribution is 2.32. The predicted molar refractivity (Wildman–Crippen MR) is 216 cm³/mol. The molecule has 0 spiro atoms. The van der Waals surface area contributed by atoms with E-state index < -0.39 is 0 Å². The summed E-state index contributed by atoms with van der Waals surface area (Å²) in [5.74, 6) is 18.2. The number of methoxy groups -OCH3 is 2. The zero-order valence-electron chi connectivity index (χ0n) is 30.9. The molecule has 274 valence electrons. The minimum Gasteiger partial charge on any atom is -0.382 e. The lowest BCUT2D eigenvalue weighted by Gasteiger charge is -2.09. The molecule has 0 aliphatic carbocycles. The molecule has 0 aliphatic heterocycles. The van der Waals surface area contributed by atoms with E-state index in [-0.39, 0.29) is 0 Å². The van der Waals surface area contributed by atoms with Crippen LogP contribution in [-0.2, 0) is 41.5 Å². The zero-order valence-corrected chi connectivity index (χ0v) is 30.9. The lowest BCUT2D eigenvalue weighted by atomic mass is 10.1. The van der Waals surface area contributed by atoms with Crippen LogP contribution in [0.1, 0.15) is 22.3 Å². The van der Waals surface area contributed by atoms with Crippen molar-refractivity contribution in [1.82, 2.24) is 9.13 Å². The van der Waals surface area contributed by atoms with Crippen molar-refractivity contribution in [2.75, 3.05) is 80.3 Å². The minimum absolute atomic E-state index is 0.523. The van der Waals surface area contributed by atoms with Gasteiger partial charge in [0.1, 0.15) is 0 Å². The van der Waals surface area contributed by atoms with Crippen molar-refractivity contribution >= 4 is 43.6 Å². The van der Waals surface area contributed by atoms with Crippen molar-refractivity contribution in [2.24, 2.45) is 0 Å². The first kappa shape index (κ1) is 38.2. The molecule has 8 nitrogen and oxygen atoms in total. The molecule has 4 aromatic carbocycles. The summed E-state index contributed by atoms with van der Waals surface area (Å²) in [5.41, 5.74) is 7.77. The fraction of sp³-hybridized carbons (Fsp3) is 0.304. The summed E-state index contributed by atoms with van der Waals surface area (Å²) in [6, 6.07) is 24.7. The highest BCUT2D eigenvalue weighted by molar-refractivity contribution is 6.10. The first-order valence-electron chi connectivity index (χ1n) is 18.0. The lowest BCUT2D eigenvalue weighted by Crippen LogP contribution is -2.11. The van der Waals surface area contributed by atoms with Crippen molar-refractivity contribution in [3.05, 3.63) is 95.1 Å². The zero-order chi connectivity index (χ0) is 37.5. The SMILES string of the molecule is C#Cc1ccc2c(c1)c1cc(C#CC#Cc3ccc4c(c3)c3cc(C#C)ccc3n4CCOCCOCCOC)ccc1n2CCOCCOCCOC. The fourth-order valence-corrected chi connectivity index (χ4v) is 6.47. The number of hydrogen-bond acceptors (Lipinski definition) is 6. The molecule has 0 N–H and O–H groups in total. The molecule has 0 amide bonds. The van der Waals surface area contributed by atoms with Crippen LogP contribution in [0.5, 0.6) is 0 Å². The van der Waals surface area contributed by atoms with E-state index in [1.54, 1.807) is 14.2 Å². The first-order chi connectivity index (χ1) is 26.6. The number of benzene rings is 4. The number of nitrogens with zero attached hydrogens (tertiary/aromatic N) is 2. The topological polar surface area (TPSA) is 65.2 Å². The molecule has 0 radical (unpaired) electrons. The summed E-state index contributed by atoms with van der Waals surface area (Å²) in [6.07, 6.45) is 11.5. The van der Waals surface area contributed by atoms with E-state index in [2.05, 4.69) is 93.2 Å². The van der Waals surface area contributed by atoms with Gasteiger partial charge in [0, 0.05) is 93.2 Å². The van der Waals surface area contributed by atoms with E-state index >= 15 is 0 Å². The molecule has 2 aromatic heterocycles. The fourth-order valence-electron chi connectivity index (χ4n) is 6.47. The number of aromatic nitrogens is 2. The molecular formula is C46H44N2O6. The quantitative estimate of drug-likeness (QED) is 0.0735. The van der Waals surface area contributed by atoms with Gasteiger partial charge >= 0.3 is 0 Å².